The first-order chi connectivity index (χ1) is 35.0. The Morgan fingerprint density at radius 1 is 0.458 bits per heavy atom. The van der Waals surface area contributed by atoms with Gasteiger partial charge in [-0.15, -0.1) is 0 Å². The Hall–Kier alpha value is -1.87. The van der Waals surface area contributed by atoms with Crippen LogP contribution in [0, 0.1) is 0 Å². The van der Waals surface area contributed by atoms with Crippen LogP contribution in [0.5, 0.6) is 0 Å². The summed E-state index contributed by atoms with van der Waals surface area (Å²) in [5.74, 6) is -2.01. The van der Waals surface area contributed by atoms with E-state index in [0.717, 1.165) is 32.1 Å². The zero-order chi connectivity index (χ0) is 52.6. The number of carbonyl (C=O) groups is 2. The molecule has 6 atom stereocenters. The van der Waals surface area contributed by atoms with E-state index in [1.807, 2.05) is 0 Å². The average Bonchev–Trinajstić information content (AvgIpc) is 3.35. The van der Waals surface area contributed by atoms with E-state index >= 15 is 0 Å². The summed E-state index contributed by atoms with van der Waals surface area (Å²) in [6, 6.07) is 0. The average molecular weight is 1040 g/mol. The van der Waals surface area contributed by atoms with Crippen LogP contribution < -0.4 is 0 Å². The van der Waals surface area contributed by atoms with Crippen molar-refractivity contribution in [3.63, 3.8) is 0 Å². The highest BCUT2D eigenvalue weighted by molar-refractivity contribution is 7.85. The van der Waals surface area contributed by atoms with Crippen molar-refractivity contribution in [1.82, 2.24) is 0 Å². The van der Waals surface area contributed by atoms with Crippen LogP contribution in [0.3, 0.4) is 0 Å². The molecule has 0 spiro atoms. The summed E-state index contributed by atoms with van der Waals surface area (Å²) in [5.41, 5.74) is 0. The molecule has 12 nitrogen and oxygen atoms in total. The fourth-order valence-electron chi connectivity index (χ4n) is 9.39. The van der Waals surface area contributed by atoms with Crippen molar-refractivity contribution in [2.75, 3.05) is 19.0 Å². The molecular formula is C59H110O12S. The largest absolute Gasteiger partial charge is 0.462 e. The molecule has 1 aliphatic heterocycles. The molecule has 0 aromatic heterocycles. The molecule has 72 heavy (non-hydrogen) atoms. The monoisotopic (exact) mass is 1040 g/mol. The van der Waals surface area contributed by atoms with E-state index in [1.165, 1.54) is 205 Å². The highest BCUT2D eigenvalue weighted by Gasteiger charge is 2.46. The summed E-state index contributed by atoms with van der Waals surface area (Å²) >= 11 is 0. The number of allylic oxidation sites excluding steroid dienone is 4. The number of aliphatic hydroxyl groups excluding tert-OH is 3. The molecule has 1 fully saturated rings. The lowest BCUT2D eigenvalue weighted by Crippen LogP contribution is -2.60. The summed E-state index contributed by atoms with van der Waals surface area (Å²) in [6.45, 7) is 3.80. The lowest BCUT2D eigenvalue weighted by Gasteiger charge is -2.40. The number of carbonyl (C=O) groups excluding carboxylic acids is 2. The summed E-state index contributed by atoms with van der Waals surface area (Å²) < 4.78 is 54.4. The number of aliphatic hydroxyl groups is 3. The van der Waals surface area contributed by atoms with Crippen LogP contribution >= 0.6 is 0 Å². The maximum absolute atomic E-state index is 12.9. The molecule has 0 aromatic carbocycles. The van der Waals surface area contributed by atoms with Gasteiger partial charge in [0.15, 0.2) is 12.4 Å². The molecule has 0 bridgehead atoms. The molecule has 1 aliphatic rings. The molecule has 0 saturated carbocycles. The third kappa shape index (κ3) is 42.4. The second kappa shape index (κ2) is 48.8. The molecular weight excluding hydrogens is 933 g/mol. The standard InChI is InChI=1S/C59H110O12S/c1-3-5-7-9-11-13-15-17-19-21-23-25-26-28-30-32-34-36-38-40-42-44-46-48-55(61)70-52(50-69-59-58(64)57(63)56(62)53(71-59)51-72(65,66)67)49-68-54(60)47-45-43-41-39-37-35-33-31-29-27-24-22-20-18-16-14-12-10-8-6-4-2/h18,20,40,42,52-53,56-59,62-64H,3-17,19,21-39,41,43-51H2,1-2H3,(H,65,66,67)/b20-18+,42-40+/t52-,53-,56-,57?,58?,59+/m1/s1. The van der Waals surface area contributed by atoms with Gasteiger partial charge in [-0.2, -0.15) is 8.42 Å². The van der Waals surface area contributed by atoms with E-state index in [2.05, 4.69) is 38.2 Å². The van der Waals surface area contributed by atoms with Gasteiger partial charge >= 0.3 is 11.9 Å². The van der Waals surface area contributed by atoms with Crippen molar-refractivity contribution in [2.45, 2.75) is 320 Å². The van der Waals surface area contributed by atoms with Crippen molar-refractivity contribution in [3.8, 4) is 0 Å². The second-order valence-corrected chi connectivity index (χ2v) is 22.5. The number of ether oxygens (including phenoxy) is 4. The third-order valence-electron chi connectivity index (χ3n) is 14.0. The van der Waals surface area contributed by atoms with Crippen LogP contribution in [0.2, 0.25) is 0 Å². The van der Waals surface area contributed by atoms with Crippen molar-refractivity contribution in [3.05, 3.63) is 24.3 Å². The van der Waals surface area contributed by atoms with Gasteiger partial charge in [0, 0.05) is 12.8 Å². The van der Waals surface area contributed by atoms with Gasteiger partial charge in [-0.05, 0) is 57.8 Å². The van der Waals surface area contributed by atoms with Gasteiger partial charge in [-0.25, -0.2) is 0 Å². The van der Waals surface area contributed by atoms with Gasteiger partial charge in [0.2, 0.25) is 0 Å². The molecule has 0 aliphatic carbocycles. The minimum absolute atomic E-state index is 0.120. The fourth-order valence-corrected chi connectivity index (χ4v) is 10.1. The van der Waals surface area contributed by atoms with Gasteiger partial charge in [0.1, 0.15) is 36.8 Å². The molecule has 0 amide bonds. The minimum Gasteiger partial charge on any atom is -0.462 e. The molecule has 1 rings (SSSR count). The Kier molecular flexibility index (Phi) is 46.1. The summed E-state index contributed by atoms with van der Waals surface area (Å²) in [6.07, 6.45) is 49.5. The molecule has 1 saturated heterocycles. The number of hydrogen-bond acceptors (Lipinski definition) is 11. The predicted molar refractivity (Wildman–Crippen MR) is 293 cm³/mol. The molecule has 1 heterocycles. The zero-order valence-electron chi connectivity index (χ0n) is 46.1. The number of rotatable bonds is 52. The molecule has 4 N–H and O–H groups in total. The van der Waals surface area contributed by atoms with Crippen LogP contribution in [-0.4, -0.2) is 96.0 Å². The second-order valence-electron chi connectivity index (χ2n) is 21.0. The maximum Gasteiger partial charge on any atom is 0.306 e. The van der Waals surface area contributed by atoms with Crippen LogP contribution in [0.15, 0.2) is 24.3 Å². The van der Waals surface area contributed by atoms with Crippen molar-refractivity contribution < 1.29 is 56.8 Å². The highest BCUT2D eigenvalue weighted by atomic mass is 32.2. The smallest absolute Gasteiger partial charge is 0.306 e. The Labute approximate surface area is 440 Å². The Balaban J connectivity index is 2.30. The van der Waals surface area contributed by atoms with Gasteiger partial charge in [0.05, 0.1) is 6.61 Å². The van der Waals surface area contributed by atoms with Gasteiger partial charge in [-0.1, -0.05) is 237 Å². The number of hydrogen-bond donors (Lipinski definition) is 4. The van der Waals surface area contributed by atoms with E-state index < -0.39 is 71.2 Å². The molecule has 2 unspecified atom stereocenters. The maximum atomic E-state index is 12.9. The van der Waals surface area contributed by atoms with E-state index in [-0.39, 0.29) is 19.4 Å². The van der Waals surface area contributed by atoms with Gasteiger partial charge in [0.25, 0.3) is 10.1 Å². The van der Waals surface area contributed by atoms with Gasteiger partial charge < -0.3 is 34.3 Å². The van der Waals surface area contributed by atoms with E-state index in [0.29, 0.717) is 19.3 Å². The molecule has 0 radical (unpaired) electrons. The van der Waals surface area contributed by atoms with Crippen molar-refractivity contribution in [2.24, 2.45) is 0 Å². The Morgan fingerprint density at radius 3 is 1.19 bits per heavy atom. The summed E-state index contributed by atoms with van der Waals surface area (Å²) in [5, 5.41) is 31.1. The highest BCUT2D eigenvalue weighted by Crippen LogP contribution is 2.24. The lowest BCUT2D eigenvalue weighted by atomic mass is 10.00. The number of esters is 2. The van der Waals surface area contributed by atoms with Crippen LogP contribution in [-0.2, 0) is 38.7 Å². The van der Waals surface area contributed by atoms with Crippen LogP contribution in [0.1, 0.15) is 284 Å². The summed E-state index contributed by atoms with van der Waals surface area (Å²) in [4.78, 5) is 25.6. The van der Waals surface area contributed by atoms with E-state index in [4.69, 9.17) is 18.9 Å². The topological polar surface area (TPSA) is 186 Å². The SMILES string of the molecule is CCCCCCCC/C=C/CCCCCCCCCCCCCC(=O)OC[C@H](CO[C@H]1O[C@H](CS(=O)(=O)O)[C@@H](O)C(O)C1O)OC(=O)CCC/C=C/CCCCCCCCCCCCCCCCCCCC. The predicted octanol–water partition coefficient (Wildman–Crippen LogP) is 14.7. The third-order valence-corrected chi connectivity index (χ3v) is 14.8. The van der Waals surface area contributed by atoms with Gasteiger partial charge in [-0.3, -0.25) is 14.1 Å². The number of unbranched alkanes of at least 4 members (excludes halogenated alkanes) is 36. The van der Waals surface area contributed by atoms with E-state index in [1.54, 1.807) is 0 Å². The molecule has 424 valence electrons. The Bertz CT molecular complexity index is 1410. The normalized spacial score (nSPS) is 18.9. The van der Waals surface area contributed by atoms with E-state index in [9.17, 15) is 37.9 Å². The first kappa shape index (κ1) is 68.1. The molecule has 0 aromatic rings. The van der Waals surface area contributed by atoms with Crippen LogP contribution in [0.25, 0.3) is 0 Å². The lowest BCUT2D eigenvalue weighted by molar-refractivity contribution is -0.297. The minimum atomic E-state index is -4.61. The van der Waals surface area contributed by atoms with Crippen LogP contribution in [0.4, 0.5) is 0 Å². The fraction of sp³-hybridized carbons (Fsp3) is 0.898. The quantitative estimate of drug-likeness (QED) is 0.0196. The first-order valence-electron chi connectivity index (χ1n) is 29.9. The van der Waals surface area contributed by atoms with Crippen molar-refractivity contribution >= 4 is 22.1 Å². The zero-order valence-corrected chi connectivity index (χ0v) is 46.9. The summed E-state index contributed by atoms with van der Waals surface area (Å²) in [7, 11) is -4.61. The molecule has 13 heteroatoms. The van der Waals surface area contributed by atoms with Crippen molar-refractivity contribution in [1.29, 1.82) is 0 Å². The Morgan fingerprint density at radius 2 is 0.806 bits per heavy atom. The first-order valence-corrected chi connectivity index (χ1v) is 31.5.